The maximum Gasteiger partial charge on any atom is 0.277 e. The summed E-state index contributed by atoms with van der Waals surface area (Å²) in [5.41, 5.74) is 3.67. The van der Waals surface area contributed by atoms with E-state index in [1.54, 1.807) is 6.92 Å². The van der Waals surface area contributed by atoms with E-state index in [4.69, 9.17) is 11.6 Å². The standard InChI is InChI=1S/C25H32ClN7O2S/c1-3-28-36(34,35)29-16-20-6-4-5-7-23(20)31-24-22(26)17-27-25(32-24)30-21-10-8-18(9-11-21)19-12-14-33(2)15-13-19/h4-11,17,19,28-29H,3,12-16H2,1-2H3,(H2,27,30,31,32). The molecule has 0 aliphatic carbocycles. The second-order valence-electron chi connectivity index (χ2n) is 8.82. The van der Waals surface area contributed by atoms with Crippen molar-refractivity contribution in [2.24, 2.45) is 0 Å². The molecule has 1 aliphatic heterocycles. The highest BCUT2D eigenvalue weighted by Gasteiger charge is 2.18. The third kappa shape index (κ3) is 7.14. The van der Waals surface area contributed by atoms with Crippen molar-refractivity contribution in [3.8, 4) is 0 Å². The fraction of sp³-hybridized carbons (Fsp3) is 0.360. The molecular formula is C25H32ClN7O2S. The lowest BCUT2D eigenvalue weighted by molar-refractivity contribution is 0.255. The normalized spacial score (nSPS) is 15.1. The molecule has 0 atom stereocenters. The van der Waals surface area contributed by atoms with Crippen molar-refractivity contribution in [2.45, 2.75) is 32.2 Å². The van der Waals surface area contributed by atoms with Crippen LogP contribution in [0, 0.1) is 0 Å². The highest BCUT2D eigenvalue weighted by atomic mass is 35.5. The maximum atomic E-state index is 12.0. The number of hydrogen-bond acceptors (Lipinski definition) is 7. The SMILES string of the molecule is CCNS(=O)(=O)NCc1ccccc1Nc1nc(Nc2ccc(C3CCN(C)CC3)cc2)ncc1Cl. The summed E-state index contributed by atoms with van der Waals surface area (Å²) < 4.78 is 28.9. The Morgan fingerprint density at radius 3 is 2.47 bits per heavy atom. The van der Waals surface area contributed by atoms with E-state index in [0.717, 1.165) is 24.3 Å². The Kier molecular flexibility index (Phi) is 8.76. The molecule has 3 aromatic rings. The van der Waals surface area contributed by atoms with Crippen LogP contribution in [0.3, 0.4) is 0 Å². The van der Waals surface area contributed by atoms with E-state index in [0.29, 0.717) is 34.9 Å². The summed E-state index contributed by atoms with van der Waals surface area (Å²) in [6.45, 7) is 4.40. The Labute approximate surface area is 217 Å². The molecule has 2 heterocycles. The molecule has 0 unspecified atom stereocenters. The van der Waals surface area contributed by atoms with Crippen molar-refractivity contribution >= 4 is 45.0 Å². The Bertz CT molecular complexity index is 1260. The average Bonchev–Trinajstić information content (AvgIpc) is 2.86. The van der Waals surface area contributed by atoms with Gasteiger partial charge in [-0.25, -0.2) is 9.71 Å². The van der Waals surface area contributed by atoms with Crippen LogP contribution < -0.4 is 20.1 Å². The van der Waals surface area contributed by atoms with Crippen LogP contribution in [0.15, 0.2) is 54.7 Å². The summed E-state index contributed by atoms with van der Waals surface area (Å²) in [6, 6.07) is 15.8. The topological polar surface area (TPSA) is 111 Å². The summed E-state index contributed by atoms with van der Waals surface area (Å²) in [4.78, 5) is 11.2. The van der Waals surface area contributed by atoms with Gasteiger partial charge in [0.1, 0.15) is 5.02 Å². The van der Waals surface area contributed by atoms with Crippen molar-refractivity contribution in [3.05, 3.63) is 70.9 Å². The molecule has 0 bridgehead atoms. The summed E-state index contributed by atoms with van der Waals surface area (Å²) in [6.07, 6.45) is 3.88. The average molecular weight is 530 g/mol. The van der Waals surface area contributed by atoms with E-state index in [9.17, 15) is 8.42 Å². The number of anilines is 4. The van der Waals surface area contributed by atoms with Gasteiger partial charge < -0.3 is 15.5 Å². The highest BCUT2D eigenvalue weighted by molar-refractivity contribution is 7.87. The molecule has 9 nitrogen and oxygen atoms in total. The predicted molar refractivity (Wildman–Crippen MR) is 145 cm³/mol. The molecule has 0 radical (unpaired) electrons. The van der Waals surface area contributed by atoms with Crippen LogP contribution in [0.25, 0.3) is 0 Å². The zero-order chi connectivity index (χ0) is 25.5. The molecule has 36 heavy (non-hydrogen) atoms. The van der Waals surface area contributed by atoms with Crippen LogP contribution in [0.1, 0.15) is 36.8 Å². The molecular weight excluding hydrogens is 498 g/mol. The quantitative estimate of drug-likeness (QED) is 0.308. The highest BCUT2D eigenvalue weighted by Crippen LogP contribution is 2.30. The van der Waals surface area contributed by atoms with Crippen molar-refractivity contribution in [1.29, 1.82) is 0 Å². The van der Waals surface area contributed by atoms with Gasteiger partial charge in [0.15, 0.2) is 5.82 Å². The smallest absolute Gasteiger partial charge is 0.277 e. The van der Waals surface area contributed by atoms with Crippen molar-refractivity contribution < 1.29 is 8.42 Å². The van der Waals surface area contributed by atoms with Gasteiger partial charge in [-0.1, -0.05) is 48.9 Å². The molecule has 1 aromatic heterocycles. The molecule has 2 aromatic carbocycles. The van der Waals surface area contributed by atoms with Gasteiger partial charge in [-0.05, 0) is 68.2 Å². The fourth-order valence-corrected chi connectivity index (χ4v) is 5.13. The molecule has 1 saturated heterocycles. The number of halogens is 1. The molecule has 0 saturated carbocycles. The van der Waals surface area contributed by atoms with Gasteiger partial charge in [-0.3, -0.25) is 0 Å². The first-order chi connectivity index (χ1) is 17.3. The maximum absolute atomic E-state index is 12.0. The lowest BCUT2D eigenvalue weighted by atomic mass is 9.89. The lowest BCUT2D eigenvalue weighted by Crippen LogP contribution is -2.35. The molecule has 4 N–H and O–H groups in total. The van der Waals surface area contributed by atoms with Crippen LogP contribution in [-0.2, 0) is 16.8 Å². The van der Waals surface area contributed by atoms with E-state index in [1.807, 2.05) is 36.4 Å². The Balaban J connectivity index is 1.44. The number of likely N-dealkylation sites (tertiary alicyclic amines) is 1. The van der Waals surface area contributed by atoms with Gasteiger partial charge in [0.05, 0.1) is 6.20 Å². The van der Waals surface area contributed by atoms with E-state index < -0.39 is 10.2 Å². The third-order valence-corrected chi connectivity index (χ3v) is 7.63. The molecule has 11 heteroatoms. The van der Waals surface area contributed by atoms with Gasteiger partial charge >= 0.3 is 0 Å². The fourth-order valence-electron chi connectivity index (χ4n) is 4.16. The summed E-state index contributed by atoms with van der Waals surface area (Å²) in [7, 11) is -1.40. The lowest BCUT2D eigenvalue weighted by Gasteiger charge is -2.29. The minimum Gasteiger partial charge on any atom is -0.339 e. The summed E-state index contributed by atoms with van der Waals surface area (Å²) in [5.74, 6) is 1.42. The first-order valence-corrected chi connectivity index (χ1v) is 13.9. The first-order valence-electron chi connectivity index (χ1n) is 12.0. The molecule has 192 valence electrons. The van der Waals surface area contributed by atoms with Gasteiger partial charge in [0, 0.05) is 24.5 Å². The first kappa shape index (κ1) is 26.3. The van der Waals surface area contributed by atoms with E-state index in [1.165, 1.54) is 24.6 Å². The number of piperidine rings is 1. The largest absolute Gasteiger partial charge is 0.339 e. The van der Waals surface area contributed by atoms with Gasteiger partial charge in [0.25, 0.3) is 10.2 Å². The van der Waals surface area contributed by atoms with Crippen molar-refractivity contribution in [3.63, 3.8) is 0 Å². The Morgan fingerprint density at radius 2 is 1.75 bits per heavy atom. The molecule has 1 aliphatic rings. The number of nitrogens with one attached hydrogen (secondary N) is 4. The minimum atomic E-state index is -3.57. The number of benzene rings is 2. The molecule has 4 rings (SSSR count). The van der Waals surface area contributed by atoms with Gasteiger partial charge in [-0.15, -0.1) is 0 Å². The Morgan fingerprint density at radius 1 is 1.03 bits per heavy atom. The number of hydrogen-bond donors (Lipinski definition) is 4. The van der Waals surface area contributed by atoms with E-state index >= 15 is 0 Å². The van der Waals surface area contributed by atoms with Crippen LogP contribution in [0.2, 0.25) is 5.02 Å². The molecule has 1 fully saturated rings. The van der Waals surface area contributed by atoms with Crippen LogP contribution in [-0.4, -0.2) is 50.0 Å². The van der Waals surface area contributed by atoms with Crippen LogP contribution >= 0.6 is 11.6 Å². The number of nitrogens with zero attached hydrogens (tertiary/aromatic N) is 3. The third-order valence-electron chi connectivity index (χ3n) is 6.16. The number of rotatable bonds is 10. The number of para-hydroxylation sites is 1. The molecule has 0 spiro atoms. The predicted octanol–water partition coefficient (Wildman–Crippen LogP) is 4.37. The number of aromatic nitrogens is 2. The van der Waals surface area contributed by atoms with Gasteiger partial charge in [-0.2, -0.15) is 18.1 Å². The second kappa shape index (κ2) is 12.0. The summed E-state index contributed by atoms with van der Waals surface area (Å²) in [5, 5.41) is 6.80. The van der Waals surface area contributed by atoms with Crippen LogP contribution in [0.5, 0.6) is 0 Å². The summed E-state index contributed by atoms with van der Waals surface area (Å²) >= 11 is 6.37. The zero-order valence-corrected chi connectivity index (χ0v) is 22.0. The minimum absolute atomic E-state index is 0.107. The zero-order valence-electron chi connectivity index (χ0n) is 20.5. The Hall–Kier alpha value is -2.76. The van der Waals surface area contributed by atoms with E-state index in [-0.39, 0.29) is 6.54 Å². The van der Waals surface area contributed by atoms with Crippen molar-refractivity contribution in [2.75, 3.05) is 37.3 Å². The molecule has 0 amide bonds. The van der Waals surface area contributed by atoms with Crippen molar-refractivity contribution in [1.82, 2.24) is 24.3 Å². The van der Waals surface area contributed by atoms with Crippen LogP contribution in [0.4, 0.5) is 23.1 Å². The monoisotopic (exact) mass is 529 g/mol. The van der Waals surface area contributed by atoms with Gasteiger partial charge in [0.2, 0.25) is 5.95 Å². The van der Waals surface area contributed by atoms with E-state index in [2.05, 4.69) is 54.1 Å². The second-order valence-corrected chi connectivity index (χ2v) is 10.8.